The maximum absolute atomic E-state index is 12.1. The van der Waals surface area contributed by atoms with E-state index in [-0.39, 0.29) is 17.7 Å². The molecule has 132 valence electrons. The second kappa shape index (κ2) is 9.42. The Morgan fingerprint density at radius 2 is 1.71 bits per heavy atom. The number of carbonyl (C=O) groups excluding carboxylic acids is 2. The summed E-state index contributed by atoms with van der Waals surface area (Å²) in [5.74, 6) is 0.174. The Balaban J connectivity index is 1.80. The zero-order chi connectivity index (χ0) is 17.4. The average Bonchev–Trinajstić information content (AvgIpc) is 3.14. The van der Waals surface area contributed by atoms with Crippen molar-refractivity contribution in [3.8, 4) is 0 Å². The summed E-state index contributed by atoms with van der Waals surface area (Å²) in [7, 11) is 0. The third-order valence-electron chi connectivity index (χ3n) is 4.75. The van der Waals surface area contributed by atoms with Crippen molar-refractivity contribution in [2.24, 2.45) is 5.92 Å². The fourth-order valence-electron chi connectivity index (χ4n) is 3.11. The summed E-state index contributed by atoms with van der Waals surface area (Å²) in [5.41, 5.74) is 1.38. The second-order valence-electron chi connectivity index (χ2n) is 6.33. The van der Waals surface area contributed by atoms with Crippen molar-refractivity contribution in [2.45, 2.75) is 39.5 Å². The normalized spacial score (nSPS) is 14.8. The van der Waals surface area contributed by atoms with Gasteiger partial charge in [-0.2, -0.15) is 0 Å². The van der Waals surface area contributed by atoms with Gasteiger partial charge in [-0.05, 0) is 50.2 Å². The van der Waals surface area contributed by atoms with Gasteiger partial charge in [-0.15, -0.1) is 0 Å². The molecular weight excluding hydrogens is 302 g/mol. The van der Waals surface area contributed by atoms with Crippen molar-refractivity contribution in [1.82, 2.24) is 10.2 Å². The van der Waals surface area contributed by atoms with Crippen LogP contribution >= 0.6 is 0 Å². The van der Waals surface area contributed by atoms with Crippen molar-refractivity contribution < 1.29 is 9.59 Å². The van der Waals surface area contributed by atoms with E-state index < -0.39 is 0 Å². The van der Waals surface area contributed by atoms with E-state index >= 15 is 0 Å². The van der Waals surface area contributed by atoms with E-state index in [1.807, 2.05) is 0 Å². The van der Waals surface area contributed by atoms with Crippen LogP contribution in [-0.2, 0) is 4.79 Å². The van der Waals surface area contributed by atoms with Gasteiger partial charge < -0.3 is 15.5 Å². The summed E-state index contributed by atoms with van der Waals surface area (Å²) in [5, 5.41) is 5.88. The number of benzene rings is 1. The minimum Gasteiger partial charge on any atom is -0.351 e. The molecule has 1 aromatic rings. The van der Waals surface area contributed by atoms with Crippen molar-refractivity contribution in [3.05, 3.63) is 29.8 Å². The van der Waals surface area contributed by atoms with Crippen LogP contribution in [0.4, 0.5) is 5.69 Å². The highest BCUT2D eigenvalue weighted by Crippen LogP contribution is 2.26. The van der Waals surface area contributed by atoms with E-state index in [0.29, 0.717) is 12.1 Å². The monoisotopic (exact) mass is 331 g/mol. The number of amides is 2. The molecule has 0 unspecified atom stereocenters. The first kappa shape index (κ1) is 18.5. The Hall–Kier alpha value is -1.88. The zero-order valence-corrected chi connectivity index (χ0v) is 14.8. The second-order valence-corrected chi connectivity index (χ2v) is 6.33. The van der Waals surface area contributed by atoms with E-state index in [1.165, 1.54) is 0 Å². The molecule has 24 heavy (non-hydrogen) atoms. The SMILES string of the molecule is CCN(CC)CCNC(=O)c1ccc(NC(=O)C2CCCC2)cc1. The Labute approximate surface area is 144 Å². The Kier molecular flexibility index (Phi) is 7.25. The van der Waals surface area contributed by atoms with Crippen LogP contribution in [0.5, 0.6) is 0 Å². The van der Waals surface area contributed by atoms with Gasteiger partial charge in [-0.1, -0.05) is 26.7 Å². The molecule has 0 spiro atoms. The molecule has 0 radical (unpaired) electrons. The summed E-state index contributed by atoms with van der Waals surface area (Å²) in [6.45, 7) is 7.70. The lowest BCUT2D eigenvalue weighted by atomic mass is 10.1. The first-order valence-electron chi connectivity index (χ1n) is 9.05. The average molecular weight is 331 g/mol. The number of rotatable bonds is 8. The molecule has 1 aliphatic rings. The lowest BCUT2D eigenvalue weighted by Crippen LogP contribution is -2.34. The lowest BCUT2D eigenvalue weighted by molar-refractivity contribution is -0.119. The molecule has 1 aromatic carbocycles. The molecule has 0 atom stereocenters. The maximum atomic E-state index is 12.1. The molecule has 0 aromatic heterocycles. The van der Waals surface area contributed by atoms with Crippen LogP contribution in [0.15, 0.2) is 24.3 Å². The third-order valence-corrected chi connectivity index (χ3v) is 4.75. The molecule has 1 aliphatic carbocycles. The minimum atomic E-state index is -0.0733. The van der Waals surface area contributed by atoms with Crippen LogP contribution in [0.1, 0.15) is 49.9 Å². The topological polar surface area (TPSA) is 61.4 Å². The van der Waals surface area contributed by atoms with Crippen molar-refractivity contribution in [2.75, 3.05) is 31.5 Å². The van der Waals surface area contributed by atoms with Crippen molar-refractivity contribution >= 4 is 17.5 Å². The molecule has 1 saturated carbocycles. The number of carbonyl (C=O) groups is 2. The summed E-state index contributed by atoms with van der Waals surface area (Å²) in [4.78, 5) is 26.5. The van der Waals surface area contributed by atoms with Crippen LogP contribution < -0.4 is 10.6 Å². The smallest absolute Gasteiger partial charge is 0.251 e. The molecule has 1 fully saturated rings. The van der Waals surface area contributed by atoms with E-state index in [2.05, 4.69) is 29.4 Å². The first-order valence-corrected chi connectivity index (χ1v) is 9.05. The summed E-state index contributed by atoms with van der Waals surface area (Å²) < 4.78 is 0. The van der Waals surface area contributed by atoms with Gasteiger partial charge in [0.1, 0.15) is 0 Å². The third kappa shape index (κ3) is 5.34. The van der Waals surface area contributed by atoms with Gasteiger partial charge in [-0.25, -0.2) is 0 Å². The molecule has 2 amide bonds. The van der Waals surface area contributed by atoms with E-state index in [9.17, 15) is 9.59 Å². The Bertz CT molecular complexity index is 532. The Morgan fingerprint density at radius 3 is 2.29 bits per heavy atom. The maximum Gasteiger partial charge on any atom is 0.251 e. The molecule has 0 saturated heterocycles. The largest absolute Gasteiger partial charge is 0.351 e. The van der Waals surface area contributed by atoms with E-state index in [4.69, 9.17) is 0 Å². The Morgan fingerprint density at radius 1 is 1.08 bits per heavy atom. The van der Waals surface area contributed by atoms with Gasteiger partial charge in [0.2, 0.25) is 5.91 Å². The number of hydrogen-bond acceptors (Lipinski definition) is 3. The van der Waals surface area contributed by atoms with Crippen molar-refractivity contribution in [3.63, 3.8) is 0 Å². The minimum absolute atomic E-state index is 0.0733. The number of nitrogens with one attached hydrogen (secondary N) is 2. The van der Waals surface area contributed by atoms with E-state index in [1.54, 1.807) is 24.3 Å². The van der Waals surface area contributed by atoms with E-state index in [0.717, 1.165) is 51.0 Å². The van der Waals surface area contributed by atoms with Gasteiger partial charge in [0, 0.05) is 30.3 Å². The number of hydrogen-bond donors (Lipinski definition) is 2. The summed E-state index contributed by atoms with van der Waals surface area (Å²) in [6, 6.07) is 7.12. The number of likely N-dealkylation sites (N-methyl/N-ethyl adjacent to an activating group) is 1. The van der Waals surface area contributed by atoms with Gasteiger partial charge in [-0.3, -0.25) is 9.59 Å². The molecule has 5 nitrogen and oxygen atoms in total. The fourth-order valence-corrected chi connectivity index (χ4v) is 3.11. The number of nitrogens with zero attached hydrogens (tertiary/aromatic N) is 1. The molecular formula is C19H29N3O2. The number of anilines is 1. The lowest BCUT2D eigenvalue weighted by Gasteiger charge is -2.18. The van der Waals surface area contributed by atoms with Crippen LogP contribution in [-0.4, -0.2) is 42.9 Å². The van der Waals surface area contributed by atoms with Gasteiger partial charge in [0.15, 0.2) is 0 Å². The molecule has 0 aliphatic heterocycles. The van der Waals surface area contributed by atoms with Crippen LogP contribution in [0, 0.1) is 5.92 Å². The predicted octanol–water partition coefficient (Wildman–Crippen LogP) is 2.89. The quantitative estimate of drug-likeness (QED) is 0.770. The standard InChI is InChI=1S/C19H29N3O2/c1-3-22(4-2)14-13-20-18(23)16-9-11-17(12-10-16)21-19(24)15-7-5-6-8-15/h9-12,15H,3-8,13-14H2,1-2H3,(H,20,23)(H,21,24). The molecule has 2 N–H and O–H groups in total. The predicted molar refractivity (Wildman–Crippen MR) is 97.2 cm³/mol. The molecule has 0 bridgehead atoms. The summed E-state index contributed by atoms with van der Waals surface area (Å²) >= 11 is 0. The molecule has 5 heteroatoms. The van der Waals surface area contributed by atoms with Crippen LogP contribution in [0.25, 0.3) is 0 Å². The zero-order valence-electron chi connectivity index (χ0n) is 14.8. The van der Waals surface area contributed by atoms with Gasteiger partial charge in [0.05, 0.1) is 0 Å². The van der Waals surface area contributed by atoms with Crippen LogP contribution in [0.2, 0.25) is 0 Å². The van der Waals surface area contributed by atoms with Crippen molar-refractivity contribution in [1.29, 1.82) is 0 Å². The molecule has 2 rings (SSSR count). The first-order chi connectivity index (χ1) is 11.6. The highest BCUT2D eigenvalue weighted by Gasteiger charge is 2.22. The van der Waals surface area contributed by atoms with Gasteiger partial charge >= 0.3 is 0 Å². The van der Waals surface area contributed by atoms with Crippen LogP contribution in [0.3, 0.4) is 0 Å². The molecule has 0 heterocycles. The highest BCUT2D eigenvalue weighted by atomic mass is 16.2. The fraction of sp³-hybridized carbons (Fsp3) is 0.579. The summed E-state index contributed by atoms with van der Waals surface area (Å²) in [6.07, 6.45) is 4.26. The van der Waals surface area contributed by atoms with Gasteiger partial charge in [0.25, 0.3) is 5.91 Å². The highest BCUT2D eigenvalue weighted by molar-refractivity contribution is 5.96.